The van der Waals surface area contributed by atoms with Gasteiger partial charge in [0.2, 0.25) is 5.17 Å². The maximum Gasteiger partial charge on any atom is 0.416 e. The number of piperazine rings is 1. The minimum atomic E-state index is -5.01. The molecule has 3 aromatic rings. The molecule has 2 aliphatic rings. The third kappa shape index (κ3) is 6.31. The Kier molecular flexibility index (Phi) is 8.27. The number of aromatic nitrogens is 2. The molecule has 2 aromatic carbocycles. The van der Waals surface area contributed by atoms with Gasteiger partial charge in [-0.15, -0.1) is 0 Å². The van der Waals surface area contributed by atoms with Gasteiger partial charge in [0, 0.05) is 30.6 Å². The molecule has 5 rings (SSSR count). The van der Waals surface area contributed by atoms with Gasteiger partial charge in [0.15, 0.2) is 0 Å². The standard InChI is InChI=1S/C29H29F6N5O3S/c1-27(2,3)39-9-8-38(15-21(39)16-41)26-37-25(42)24(44(26)43)11-17-4-7-23-19(10-17)13-36-40(23)14-18-5-6-20(28(30,31)32)12-22(18)29(33,34)35/h4-7,10-13,21,41H,8-9,14-16H2,1-3H3/t21-,44?/m1/s1. The van der Waals surface area contributed by atoms with E-state index in [-0.39, 0.29) is 39.9 Å². The molecule has 2 atom stereocenters. The molecule has 2 aliphatic heterocycles. The van der Waals surface area contributed by atoms with Crippen LogP contribution in [0.2, 0.25) is 0 Å². The zero-order valence-corrected chi connectivity index (χ0v) is 24.7. The number of benzene rings is 2. The first kappa shape index (κ1) is 31.9. The molecule has 1 saturated heterocycles. The second-order valence-electron chi connectivity index (χ2n) is 11.6. The predicted molar refractivity (Wildman–Crippen MR) is 153 cm³/mol. The molecule has 1 amide bonds. The Labute approximate surface area is 251 Å². The molecule has 0 radical (unpaired) electrons. The van der Waals surface area contributed by atoms with Crippen molar-refractivity contribution in [2.24, 2.45) is 4.99 Å². The van der Waals surface area contributed by atoms with Gasteiger partial charge in [-0.05, 0) is 62.2 Å². The number of aliphatic imine (C=N–C) groups is 1. The normalized spacial score (nSPS) is 21.5. The van der Waals surface area contributed by atoms with Crippen LogP contribution >= 0.6 is 0 Å². The van der Waals surface area contributed by atoms with Gasteiger partial charge < -0.3 is 10.0 Å². The highest BCUT2D eigenvalue weighted by Gasteiger charge is 2.40. The number of fused-ring (bicyclic) bond motifs is 1. The monoisotopic (exact) mass is 641 g/mol. The number of rotatable bonds is 4. The van der Waals surface area contributed by atoms with Crippen LogP contribution in [0.1, 0.15) is 43.0 Å². The van der Waals surface area contributed by atoms with E-state index in [1.54, 1.807) is 23.1 Å². The largest absolute Gasteiger partial charge is 0.416 e. The van der Waals surface area contributed by atoms with Crippen molar-refractivity contribution in [3.8, 4) is 0 Å². The third-order valence-electron chi connectivity index (χ3n) is 7.63. The Balaban J connectivity index is 1.37. The van der Waals surface area contributed by atoms with E-state index in [0.717, 1.165) is 6.07 Å². The molecule has 0 saturated carbocycles. The van der Waals surface area contributed by atoms with Gasteiger partial charge in [0.25, 0.3) is 5.91 Å². The highest BCUT2D eigenvalue weighted by Crippen LogP contribution is 2.38. The van der Waals surface area contributed by atoms with E-state index in [1.807, 2.05) is 20.8 Å². The molecule has 1 N–H and O–H groups in total. The second kappa shape index (κ2) is 11.4. The van der Waals surface area contributed by atoms with Gasteiger partial charge in [-0.3, -0.25) is 14.4 Å². The summed E-state index contributed by atoms with van der Waals surface area (Å²) < 4.78 is 94.7. The fourth-order valence-electron chi connectivity index (χ4n) is 5.52. The molecule has 0 spiro atoms. The van der Waals surface area contributed by atoms with Gasteiger partial charge in [-0.2, -0.15) is 36.4 Å². The van der Waals surface area contributed by atoms with Gasteiger partial charge in [-0.1, -0.05) is 12.1 Å². The lowest BCUT2D eigenvalue weighted by atomic mass is 10.0. The number of hydrogen-bond donors (Lipinski definition) is 1. The van der Waals surface area contributed by atoms with E-state index in [0.29, 0.717) is 42.2 Å². The molecule has 1 aromatic heterocycles. The van der Waals surface area contributed by atoms with Crippen LogP contribution in [0, 0.1) is 0 Å². The lowest BCUT2D eigenvalue weighted by Crippen LogP contribution is -2.61. The average molecular weight is 642 g/mol. The van der Waals surface area contributed by atoms with Crippen LogP contribution in [-0.4, -0.2) is 77.8 Å². The number of carbonyl (C=O) groups is 1. The van der Waals surface area contributed by atoms with Gasteiger partial charge >= 0.3 is 12.4 Å². The molecule has 8 nitrogen and oxygen atoms in total. The quantitative estimate of drug-likeness (QED) is 0.323. The Morgan fingerprint density at radius 1 is 1.02 bits per heavy atom. The number of halogens is 6. The zero-order valence-electron chi connectivity index (χ0n) is 23.9. The van der Waals surface area contributed by atoms with E-state index in [4.69, 9.17) is 0 Å². The third-order valence-corrected chi connectivity index (χ3v) is 9.00. The molecule has 1 fully saturated rings. The molecule has 1 unspecified atom stereocenters. The highest BCUT2D eigenvalue weighted by molar-refractivity contribution is 8.05. The molecule has 44 heavy (non-hydrogen) atoms. The summed E-state index contributed by atoms with van der Waals surface area (Å²) in [4.78, 5) is 20.7. The molecule has 0 bridgehead atoms. The lowest BCUT2D eigenvalue weighted by molar-refractivity contribution is -0.143. The van der Waals surface area contributed by atoms with Crippen LogP contribution in [0.3, 0.4) is 0 Å². The number of aliphatic hydroxyl groups is 1. The van der Waals surface area contributed by atoms with Crippen LogP contribution in [0.5, 0.6) is 0 Å². The number of hydrogen-bond acceptors (Lipinski definition) is 6. The molecule has 236 valence electrons. The summed E-state index contributed by atoms with van der Waals surface area (Å²) >= 11 is 0. The lowest BCUT2D eigenvalue weighted by Gasteiger charge is -2.47. The summed E-state index contributed by atoms with van der Waals surface area (Å²) in [5.41, 5.74) is -2.50. The summed E-state index contributed by atoms with van der Waals surface area (Å²) in [5, 5.41) is 14.7. The fourth-order valence-corrected chi connectivity index (χ4v) is 6.73. The summed E-state index contributed by atoms with van der Waals surface area (Å²) in [6.07, 6.45) is -7.13. The molecular formula is C29H29F6N5O3S. The van der Waals surface area contributed by atoms with E-state index >= 15 is 0 Å². The van der Waals surface area contributed by atoms with Crippen molar-refractivity contribution < 1.29 is 40.5 Å². The molecule has 15 heteroatoms. The van der Waals surface area contributed by atoms with Gasteiger partial charge in [0.1, 0.15) is 15.7 Å². The summed E-state index contributed by atoms with van der Waals surface area (Å²) in [6.45, 7) is 6.96. The van der Waals surface area contributed by atoms with Gasteiger partial charge in [-0.25, -0.2) is 4.21 Å². The smallest absolute Gasteiger partial charge is 0.395 e. The van der Waals surface area contributed by atoms with Crippen molar-refractivity contribution in [3.05, 3.63) is 69.8 Å². The van der Waals surface area contributed by atoms with Crippen LogP contribution in [0.15, 0.2) is 52.5 Å². The number of nitrogens with zero attached hydrogens (tertiary/aromatic N) is 5. The number of aliphatic hydroxyl groups excluding tert-OH is 1. The Morgan fingerprint density at radius 3 is 2.39 bits per heavy atom. The van der Waals surface area contributed by atoms with Crippen molar-refractivity contribution >= 4 is 38.9 Å². The first-order valence-corrected chi connectivity index (χ1v) is 14.7. The van der Waals surface area contributed by atoms with Crippen molar-refractivity contribution in [2.45, 2.75) is 51.2 Å². The zero-order chi connectivity index (χ0) is 32.2. The summed E-state index contributed by atoms with van der Waals surface area (Å²) in [7, 11) is -1.87. The topological polar surface area (TPSA) is 91.0 Å². The van der Waals surface area contributed by atoms with E-state index < -0.39 is 46.7 Å². The Morgan fingerprint density at radius 2 is 1.75 bits per heavy atom. The van der Waals surface area contributed by atoms with Crippen LogP contribution in [-0.2, 0) is 34.5 Å². The van der Waals surface area contributed by atoms with E-state index in [1.165, 1.54) is 17.0 Å². The Hall–Kier alpha value is -3.56. The first-order chi connectivity index (χ1) is 20.5. The van der Waals surface area contributed by atoms with Crippen LogP contribution in [0.4, 0.5) is 26.3 Å². The molecular weight excluding hydrogens is 612 g/mol. The van der Waals surface area contributed by atoms with Crippen LogP contribution in [0.25, 0.3) is 17.0 Å². The predicted octanol–water partition coefficient (Wildman–Crippen LogP) is 4.89. The first-order valence-electron chi connectivity index (χ1n) is 13.6. The van der Waals surface area contributed by atoms with Crippen molar-refractivity contribution in [3.63, 3.8) is 0 Å². The average Bonchev–Trinajstić information content (AvgIpc) is 3.46. The molecule has 3 heterocycles. The van der Waals surface area contributed by atoms with Gasteiger partial charge in [0.05, 0.1) is 42.0 Å². The highest BCUT2D eigenvalue weighted by atomic mass is 32.2. The molecule has 0 aliphatic carbocycles. The number of amidine groups is 1. The summed E-state index contributed by atoms with van der Waals surface area (Å²) in [6, 6.07) is 5.97. The minimum absolute atomic E-state index is 0.0369. The van der Waals surface area contributed by atoms with Crippen molar-refractivity contribution in [1.82, 2.24) is 19.6 Å². The maximum absolute atomic E-state index is 13.6. The van der Waals surface area contributed by atoms with Crippen molar-refractivity contribution in [1.29, 1.82) is 0 Å². The number of carbonyl (C=O) groups excluding carboxylic acids is 1. The number of amides is 1. The van der Waals surface area contributed by atoms with E-state index in [9.17, 15) is 40.5 Å². The maximum atomic E-state index is 13.6. The summed E-state index contributed by atoms with van der Waals surface area (Å²) in [5.74, 6) is -0.657. The van der Waals surface area contributed by atoms with E-state index in [2.05, 4.69) is 15.0 Å². The second-order valence-corrected chi connectivity index (χ2v) is 13.0. The minimum Gasteiger partial charge on any atom is -0.395 e. The number of alkyl halides is 6. The SMILES string of the molecule is CC(C)(C)N1CCN(C2=NC(=O)C(=Cc3ccc4c(cnn4Cc4ccc(C(F)(F)F)cc4C(F)(F)F)c3)S2=O)C[C@@H]1CO. The Bertz CT molecular complexity index is 1690. The fraction of sp³-hybridized carbons (Fsp3) is 0.414. The van der Waals surface area contributed by atoms with Crippen LogP contribution < -0.4 is 0 Å². The van der Waals surface area contributed by atoms with Crippen molar-refractivity contribution in [2.75, 3.05) is 26.2 Å².